The molecule has 0 radical (unpaired) electrons. The van der Waals surface area contributed by atoms with E-state index in [1.54, 1.807) is 26.2 Å². The van der Waals surface area contributed by atoms with E-state index in [2.05, 4.69) is 15.6 Å². The first kappa shape index (κ1) is 24.7. The van der Waals surface area contributed by atoms with Crippen molar-refractivity contribution >= 4 is 12.1 Å². The molecule has 2 rings (SSSR count). The highest BCUT2D eigenvalue weighted by Gasteiger charge is 2.19. The molecule has 0 bridgehead atoms. The number of carbonyl (C=O) groups excluding carboxylic acids is 1. The molecule has 0 aliphatic heterocycles. The van der Waals surface area contributed by atoms with Crippen molar-refractivity contribution in [1.82, 2.24) is 15.5 Å². The van der Waals surface area contributed by atoms with Crippen LogP contribution >= 0.6 is 0 Å². The van der Waals surface area contributed by atoms with E-state index in [0.717, 1.165) is 11.1 Å². The molecule has 0 saturated heterocycles. The molecule has 7 nitrogen and oxygen atoms in total. The number of hydrogen-bond donors (Lipinski definition) is 2. The zero-order valence-corrected chi connectivity index (χ0v) is 19.2. The Bertz CT molecular complexity index is 991. The van der Waals surface area contributed by atoms with Gasteiger partial charge in [0.2, 0.25) is 0 Å². The molecule has 0 atom stereocenters. The summed E-state index contributed by atoms with van der Waals surface area (Å²) in [4.78, 5) is 17.8. The third-order valence-electron chi connectivity index (χ3n) is 4.46. The van der Waals surface area contributed by atoms with Crippen LogP contribution in [0.2, 0.25) is 0 Å². The predicted molar refractivity (Wildman–Crippen MR) is 122 cm³/mol. The van der Waals surface area contributed by atoms with E-state index in [0.29, 0.717) is 24.6 Å². The Labute approximate surface area is 188 Å². The summed E-state index contributed by atoms with van der Waals surface area (Å²) in [5.41, 5.74) is 2.22. The van der Waals surface area contributed by atoms with Gasteiger partial charge < -0.3 is 20.3 Å². The molecule has 32 heavy (non-hydrogen) atoms. The van der Waals surface area contributed by atoms with Gasteiger partial charge in [-0.3, -0.25) is 4.99 Å². The molecule has 8 heteroatoms. The number of carbonyl (C=O) groups is 1. The van der Waals surface area contributed by atoms with Crippen LogP contribution in [0.5, 0.6) is 0 Å². The molecule has 0 aliphatic rings. The van der Waals surface area contributed by atoms with Crippen LogP contribution in [0.25, 0.3) is 0 Å². The van der Waals surface area contributed by atoms with E-state index in [9.17, 15) is 9.18 Å². The number of aliphatic imine (C=N–C) groups is 1. The third-order valence-corrected chi connectivity index (χ3v) is 4.46. The summed E-state index contributed by atoms with van der Waals surface area (Å²) in [6, 6.07) is 14.2. The Morgan fingerprint density at radius 2 is 1.75 bits per heavy atom. The number of rotatable bonds is 6. The highest BCUT2D eigenvalue weighted by molar-refractivity contribution is 5.79. The second kappa shape index (κ2) is 11.1. The van der Waals surface area contributed by atoms with Gasteiger partial charge in [0.15, 0.2) is 5.96 Å². The van der Waals surface area contributed by atoms with Gasteiger partial charge in [0, 0.05) is 39.3 Å². The summed E-state index contributed by atoms with van der Waals surface area (Å²) in [5.74, 6) is 0.0986. The maximum Gasteiger partial charge on any atom is 0.410 e. The predicted octanol–water partition coefficient (Wildman–Crippen LogP) is 3.93. The van der Waals surface area contributed by atoms with Gasteiger partial charge in [0.05, 0.1) is 11.6 Å². The Hall–Kier alpha value is -3.60. The molecular formula is C24H30FN5O2. The van der Waals surface area contributed by atoms with Gasteiger partial charge in [-0.15, -0.1) is 0 Å². The van der Waals surface area contributed by atoms with Crippen LogP contribution in [-0.4, -0.2) is 36.6 Å². The van der Waals surface area contributed by atoms with Gasteiger partial charge in [-0.1, -0.05) is 30.3 Å². The number of amides is 1. The van der Waals surface area contributed by atoms with Gasteiger partial charge in [-0.05, 0) is 44.0 Å². The largest absolute Gasteiger partial charge is 0.444 e. The van der Waals surface area contributed by atoms with Crippen LogP contribution in [0, 0.1) is 17.1 Å². The van der Waals surface area contributed by atoms with Gasteiger partial charge >= 0.3 is 6.09 Å². The minimum absolute atomic E-state index is 0.243. The first-order valence-corrected chi connectivity index (χ1v) is 10.3. The maximum absolute atomic E-state index is 14.0. The van der Waals surface area contributed by atoms with Crippen LogP contribution in [-0.2, 0) is 24.4 Å². The zero-order valence-electron chi connectivity index (χ0n) is 19.2. The fourth-order valence-electron chi connectivity index (χ4n) is 2.79. The van der Waals surface area contributed by atoms with Gasteiger partial charge in [-0.25, -0.2) is 9.18 Å². The highest BCUT2D eigenvalue weighted by Crippen LogP contribution is 2.12. The lowest BCUT2D eigenvalue weighted by molar-refractivity contribution is 0.0285. The maximum atomic E-state index is 14.0. The lowest BCUT2D eigenvalue weighted by Crippen LogP contribution is -2.36. The number of nitrogens with zero attached hydrogens (tertiary/aromatic N) is 3. The Morgan fingerprint density at radius 1 is 1.12 bits per heavy atom. The summed E-state index contributed by atoms with van der Waals surface area (Å²) >= 11 is 0. The number of halogens is 1. The SMILES string of the molecule is CN=C(NCc1ccc(CN(C)C(=O)OC(C)(C)C)cc1)NCc1ccc(C#N)cc1F. The Balaban J connectivity index is 1.85. The molecule has 0 unspecified atom stereocenters. The van der Waals surface area contributed by atoms with Crippen molar-refractivity contribution in [3.63, 3.8) is 0 Å². The van der Waals surface area contributed by atoms with Gasteiger partial charge in [0.25, 0.3) is 0 Å². The summed E-state index contributed by atoms with van der Waals surface area (Å²) in [7, 11) is 3.34. The second-order valence-corrected chi connectivity index (χ2v) is 8.35. The molecular weight excluding hydrogens is 409 g/mol. The van der Waals surface area contributed by atoms with Crippen molar-refractivity contribution in [2.24, 2.45) is 4.99 Å². The van der Waals surface area contributed by atoms with Gasteiger partial charge in [0.1, 0.15) is 11.4 Å². The second-order valence-electron chi connectivity index (χ2n) is 8.35. The third kappa shape index (κ3) is 7.91. The topological polar surface area (TPSA) is 89.8 Å². The molecule has 0 heterocycles. The van der Waals surface area contributed by atoms with Crippen molar-refractivity contribution < 1.29 is 13.9 Å². The Kier molecular flexibility index (Phi) is 8.59. The number of nitriles is 1. The number of hydrogen-bond acceptors (Lipinski definition) is 4. The van der Waals surface area contributed by atoms with Crippen molar-refractivity contribution in [3.8, 4) is 6.07 Å². The van der Waals surface area contributed by atoms with Crippen LogP contribution < -0.4 is 10.6 Å². The van der Waals surface area contributed by atoms with Gasteiger partial charge in [-0.2, -0.15) is 5.26 Å². The lowest BCUT2D eigenvalue weighted by atomic mass is 10.1. The molecule has 170 valence electrons. The molecule has 2 N–H and O–H groups in total. The lowest BCUT2D eigenvalue weighted by Gasteiger charge is -2.24. The number of ether oxygens (including phenoxy) is 1. The number of nitrogens with one attached hydrogen (secondary N) is 2. The van der Waals surface area contributed by atoms with E-state index in [1.807, 2.05) is 51.1 Å². The van der Waals surface area contributed by atoms with Crippen molar-refractivity contribution in [1.29, 1.82) is 5.26 Å². The van der Waals surface area contributed by atoms with E-state index < -0.39 is 11.4 Å². The summed E-state index contributed by atoms with van der Waals surface area (Å²) in [6.07, 6.45) is -0.364. The van der Waals surface area contributed by atoms with E-state index in [-0.39, 0.29) is 18.2 Å². The molecule has 2 aromatic carbocycles. The number of guanidine groups is 1. The van der Waals surface area contributed by atoms with Crippen molar-refractivity contribution in [3.05, 3.63) is 70.5 Å². The van der Waals surface area contributed by atoms with Crippen LogP contribution in [0.3, 0.4) is 0 Å². The standard InChI is InChI=1S/C24H30FN5O2/c1-24(2,3)32-23(31)30(5)16-18-8-6-17(7-9-18)14-28-22(27-4)29-15-20-11-10-19(13-26)12-21(20)25/h6-12H,14-16H2,1-5H3,(H2,27,28,29). The van der Waals surface area contributed by atoms with Crippen LogP contribution in [0.1, 0.15) is 43.0 Å². The Morgan fingerprint density at radius 3 is 2.31 bits per heavy atom. The first-order chi connectivity index (χ1) is 15.1. The van der Waals surface area contributed by atoms with Crippen molar-refractivity contribution in [2.75, 3.05) is 14.1 Å². The van der Waals surface area contributed by atoms with E-state index >= 15 is 0 Å². The fraction of sp³-hybridized carbons (Fsp3) is 0.375. The van der Waals surface area contributed by atoms with Crippen LogP contribution in [0.4, 0.5) is 9.18 Å². The fourth-order valence-corrected chi connectivity index (χ4v) is 2.79. The van der Waals surface area contributed by atoms with E-state index in [1.165, 1.54) is 11.0 Å². The number of benzene rings is 2. The summed E-state index contributed by atoms with van der Waals surface area (Å²) in [6.45, 7) is 6.73. The molecule has 0 spiro atoms. The normalized spacial score (nSPS) is 11.5. The molecule has 0 aliphatic carbocycles. The minimum Gasteiger partial charge on any atom is -0.444 e. The quantitative estimate of drug-likeness (QED) is 0.526. The molecule has 1 amide bonds. The molecule has 2 aromatic rings. The van der Waals surface area contributed by atoms with E-state index in [4.69, 9.17) is 10.00 Å². The first-order valence-electron chi connectivity index (χ1n) is 10.3. The van der Waals surface area contributed by atoms with Crippen LogP contribution in [0.15, 0.2) is 47.5 Å². The zero-order chi connectivity index (χ0) is 23.7. The molecule has 0 saturated carbocycles. The molecule has 0 aromatic heterocycles. The average molecular weight is 440 g/mol. The monoisotopic (exact) mass is 439 g/mol. The minimum atomic E-state index is -0.528. The highest BCUT2D eigenvalue weighted by atomic mass is 19.1. The molecule has 0 fully saturated rings. The summed E-state index contributed by atoms with van der Waals surface area (Å²) < 4.78 is 19.4. The smallest absolute Gasteiger partial charge is 0.410 e. The van der Waals surface area contributed by atoms with Crippen molar-refractivity contribution in [2.45, 2.75) is 46.0 Å². The summed E-state index contributed by atoms with van der Waals surface area (Å²) in [5, 5.41) is 15.1. The average Bonchev–Trinajstić information content (AvgIpc) is 2.74.